The number of benzene rings is 3. The van der Waals surface area contributed by atoms with Gasteiger partial charge in [0.2, 0.25) is 0 Å². The number of aliphatic hydroxyl groups is 1. The highest BCUT2D eigenvalue weighted by molar-refractivity contribution is 7.80. The van der Waals surface area contributed by atoms with Crippen molar-refractivity contribution in [3.8, 4) is 22.8 Å². The first kappa shape index (κ1) is 25.1. The van der Waals surface area contributed by atoms with Crippen LogP contribution in [-0.2, 0) is 0 Å². The molecule has 4 rings (SSSR count). The Hall–Kier alpha value is -3.96. The molecule has 0 bridgehead atoms. The summed E-state index contributed by atoms with van der Waals surface area (Å²) >= 11 is 5.39. The van der Waals surface area contributed by atoms with Crippen LogP contribution < -0.4 is 15.4 Å². The summed E-state index contributed by atoms with van der Waals surface area (Å²) in [6.45, 7) is 1.88. The van der Waals surface area contributed by atoms with E-state index in [1.807, 2.05) is 55.5 Å². The largest absolute Gasteiger partial charge is 0.573 e. The highest BCUT2D eigenvalue weighted by Gasteiger charge is 2.31. The fourth-order valence-electron chi connectivity index (χ4n) is 3.38. The summed E-state index contributed by atoms with van der Waals surface area (Å²) in [6.07, 6.45) is -3.27. The Morgan fingerprint density at radius 2 is 1.69 bits per heavy atom. The minimum absolute atomic E-state index is 0.115. The molecule has 0 aliphatic rings. The fourth-order valence-corrected chi connectivity index (χ4v) is 3.64. The maximum Gasteiger partial charge on any atom is 0.573 e. The normalized spacial score (nSPS) is 12.1. The molecule has 1 unspecified atom stereocenters. The number of aromatic nitrogens is 3. The zero-order valence-corrected chi connectivity index (χ0v) is 19.8. The number of nitrogens with one attached hydrogen (secondary N) is 2. The van der Waals surface area contributed by atoms with Gasteiger partial charge in [-0.15, -0.1) is 18.3 Å². The van der Waals surface area contributed by atoms with E-state index >= 15 is 0 Å². The number of nitrogens with zero attached hydrogens (tertiary/aromatic N) is 3. The molecule has 1 atom stereocenters. The second-order valence-electron chi connectivity index (χ2n) is 7.88. The molecule has 0 aliphatic carbocycles. The van der Waals surface area contributed by atoms with Crippen molar-refractivity contribution in [3.63, 3.8) is 0 Å². The molecule has 11 heteroatoms. The quantitative estimate of drug-likeness (QED) is 0.295. The number of thiocarbonyl (C=S) groups is 1. The highest BCUT2D eigenvalue weighted by Crippen LogP contribution is 2.24. The van der Waals surface area contributed by atoms with Gasteiger partial charge in [0.05, 0.1) is 18.3 Å². The van der Waals surface area contributed by atoms with Gasteiger partial charge < -0.3 is 20.5 Å². The van der Waals surface area contributed by atoms with Gasteiger partial charge >= 0.3 is 6.36 Å². The van der Waals surface area contributed by atoms with Crippen molar-refractivity contribution in [2.24, 2.45) is 0 Å². The third-order valence-corrected chi connectivity index (χ3v) is 5.42. The molecular formula is C25H22F3N5O2S. The molecule has 0 spiro atoms. The smallest absolute Gasteiger partial charge is 0.406 e. The van der Waals surface area contributed by atoms with E-state index in [4.69, 9.17) is 12.2 Å². The molecule has 0 saturated carbocycles. The van der Waals surface area contributed by atoms with Gasteiger partial charge in [-0.2, -0.15) is 0 Å². The highest BCUT2D eigenvalue weighted by atomic mass is 32.1. The molecule has 0 amide bonds. The Labute approximate surface area is 210 Å². The van der Waals surface area contributed by atoms with Gasteiger partial charge in [0.1, 0.15) is 12.1 Å². The summed E-state index contributed by atoms with van der Waals surface area (Å²) < 4.78 is 42.3. The van der Waals surface area contributed by atoms with E-state index in [2.05, 4.69) is 25.5 Å². The average molecular weight is 514 g/mol. The maximum absolute atomic E-state index is 12.3. The monoisotopic (exact) mass is 513 g/mol. The zero-order valence-electron chi connectivity index (χ0n) is 19.0. The van der Waals surface area contributed by atoms with E-state index in [1.165, 1.54) is 35.3 Å². The van der Waals surface area contributed by atoms with Crippen LogP contribution in [0.25, 0.3) is 17.1 Å². The number of ether oxygens (including phenoxy) is 1. The number of alkyl halides is 3. The molecule has 1 heterocycles. The van der Waals surface area contributed by atoms with Gasteiger partial charge in [-0.25, -0.2) is 9.67 Å². The van der Waals surface area contributed by atoms with Gasteiger partial charge in [-0.05, 0) is 73.2 Å². The number of rotatable bonds is 7. The molecule has 186 valence electrons. The first-order chi connectivity index (χ1) is 17.2. The standard InChI is InChI=1S/C25H22F3N5O2S/c1-16-2-4-17(5-3-16)22(14-34)31-24(36)30-19-8-6-18(7-9-19)23-29-15-33(32-23)20-10-12-21(13-11-20)35-25(26,27)28/h2-13,15,22,34H,14H2,1H3,(H2,30,31,36). The number of halogens is 3. The minimum Gasteiger partial charge on any atom is -0.406 e. The van der Waals surface area contributed by atoms with Crippen molar-refractivity contribution in [1.29, 1.82) is 0 Å². The number of hydrogen-bond donors (Lipinski definition) is 3. The Kier molecular flexibility index (Phi) is 7.51. The third kappa shape index (κ3) is 6.58. The first-order valence-corrected chi connectivity index (χ1v) is 11.2. The van der Waals surface area contributed by atoms with Crippen LogP contribution >= 0.6 is 12.2 Å². The second kappa shape index (κ2) is 10.8. The van der Waals surface area contributed by atoms with Crippen molar-refractivity contribution in [2.45, 2.75) is 19.3 Å². The van der Waals surface area contributed by atoms with E-state index in [9.17, 15) is 18.3 Å². The van der Waals surface area contributed by atoms with Crippen molar-refractivity contribution < 1.29 is 23.0 Å². The zero-order chi connectivity index (χ0) is 25.7. The van der Waals surface area contributed by atoms with E-state index in [1.54, 1.807) is 0 Å². The maximum atomic E-state index is 12.3. The summed E-state index contributed by atoms with van der Waals surface area (Å²) in [5.74, 6) is 0.129. The molecule has 0 aliphatic heterocycles. The SMILES string of the molecule is Cc1ccc(C(CO)NC(=S)Nc2ccc(-c3ncn(-c4ccc(OC(F)(F)F)cc4)n3)cc2)cc1. The first-order valence-electron chi connectivity index (χ1n) is 10.8. The number of hydrogen-bond acceptors (Lipinski definition) is 5. The van der Waals surface area contributed by atoms with Crippen molar-refractivity contribution >= 4 is 23.0 Å². The van der Waals surface area contributed by atoms with Crippen LogP contribution in [0.4, 0.5) is 18.9 Å². The van der Waals surface area contributed by atoms with Crippen LogP contribution in [-0.4, -0.2) is 38.0 Å². The lowest BCUT2D eigenvalue weighted by molar-refractivity contribution is -0.274. The number of anilines is 1. The summed E-state index contributed by atoms with van der Waals surface area (Å²) in [5.41, 5.74) is 4.06. The van der Waals surface area contributed by atoms with Gasteiger partial charge in [-0.3, -0.25) is 0 Å². The van der Waals surface area contributed by atoms with Gasteiger partial charge in [0.25, 0.3) is 0 Å². The van der Waals surface area contributed by atoms with Crippen LogP contribution in [0.3, 0.4) is 0 Å². The Morgan fingerprint density at radius 3 is 2.31 bits per heavy atom. The van der Waals surface area contributed by atoms with Crippen molar-refractivity contribution in [1.82, 2.24) is 20.1 Å². The number of aryl methyl sites for hydroxylation is 1. The van der Waals surface area contributed by atoms with Crippen molar-refractivity contribution in [2.75, 3.05) is 11.9 Å². The predicted molar refractivity (Wildman–Crippen MR) is 134 cm³/mol. The topological polar surface area (TPSA) is 84.2 Å². The molecule has 4 aromatic rings. The van der Waals surface area contributed by atoms with E-state index in [0.29, 0.717) is 16.6 Å². The third-order valence-electron chi connectivity index (χ3n) is 5.20. The number of aliphatic hydroxyl groups excluding tert-OH is 1. The molecule has 1 aromatic heterocycles. The second-order valence-corrected chi connectivity index (χ2v) is 8.28. The van der Waals surface area contributed by atoms with E-state index in [-0.39, 0.29) is 18.4 Å². The Bertz CT molecular complexity index is 1310. The fraction of sp³-hybridized carbons (Fsp3) is 0.160. The van der Waals surface area contributed by atoms with Gasteiger partial charge in [-0.1, -0.05) is 29.8 Å². The lowest BCUT2D eigenvalue weighted by Gasteiger charge is -2.19. The lowest BCUT2D eigenvalue weighted by atomic mass is 10.1. The van der Waals surface area contributed by atoms with Crippen LogP contribution in [0, 0.1) is 6.92 Å². The van der Waals surface area contributed by atoms with Crippen LogP contribution in [0.15, 0.2) is 79.1 Å². The van der Waals surface area contributed by atoms with Gasteiger partial charge in [0, 0.05) is 11.3 Å². The van der Waals surface area contributed by atoms with Crippen LogP contribution in [0.5, 0.6) is 5.75 Å². The Morgan fingerprint density at radius 1 is 1.03 bits per heavy atom. The molecular weight excluding hydrogens is 491 g/mol. The minimum atomic E-state index is -4.75. The summed E-state index contributed by atoms with van der Waals surface area (Å²) in [5, 5.41) is 20.7. The molecule has 3 N–H and O–H groups in total. The molecule has 0 fully saturated rings. The summed E-state index contributed by atoms with van der Waals surface area (Å²) in [6, 6.07) is 20.1. The van der Waals surface area contributed by atoms with E-state index < -0.39 is 6.36 Å². The summed E-state index contributed by atoms with van der Waals surface area (Å²) in [7, 11) is 0. The molecule has 3 aromatic carbocycles. The van der Waals surface area contributed by atoms with Crippen molar-refractivity contribution in [3.05, 3.63) is 90.3 Å². The molecule has 0 radical (unpaired) electrons. The average Bonchev–Trinajstić information content (AvgIpc) is 3.33. The van der Waals surface area contributed by atoms with E-state index in [0.717, 1.165) is 22.4 Å². The summed E-state index contributed by atoms with van der Waals surface area (Å²) in [4.78, 5) is 4.28. The van der Waals surface area contributed by atoms with Crippen LogP contribution in [0.2, 0.25) is 0 Å². The lowest BCUT2D eigenvalue weighted by Crippen LogP contribution is -2.34. The molecule has 0 saturated heterocycles. The molecule has 36 heavy (non-hydrogen) atoms. The van der Waals surface area contributed by atoms with Crippen LogP contribution in [0.1, 0.15) is 17.2 Å². The predicted octanol–water partition coefficient (Wildman–Crippen LogP) is 5.16. The molecule has 7 nitrogen and oxygen atoms in total. The Balaban J connectivity index is 1.38. The van der Waals surface area contributed by atoms with Gasteiger partial charge in [0.15, 0.2) is 10.9 Å².